The first-order chi connectivity index (χ1) is 8.72. The molecule has 2 aromatic rings. The van der Waals surface area contributed by atoms with E-state index >= 15 is 0 Å². The SMILES string of the molecule is C=CCCNC(=O)Cn1c(C)cc2ccccc21. The second kappa shape index (κ2) is 5.54. The van der Waals surface area contributed by atoms with Crippen LogP contribution in [0.3, 0.4) is 0 Å². The standard InChI is InChI=1S/C15H18N2O/c1-3-4-9-16-15(18)11-17-12(2)10-13-7-5-6-8-14(13)17/h3,5-8,10H,1,4,9,11H2,2H3,(H,16,18). The van der Waals surface area contributed by atoms with Crippen molar-refractivity contribution in [2.24, 2.45) is 0 Å². The van der Waals surface area contributed by atoms with Gasteiger partial charge in [-0.2, -0.15) is 0 Å². The van der Waals surface area contributed by atoms with Gasteiger partial charge >= 0.3 is 0 Å². The third kappa shape index (κ3) is 2.62. The maximum atomic E-state index is 11.8. The molecule has 1 heterocycles. The summed E-state index contributed by atoms with van der Waals surface area (Å²) in [5, 5.41) is 4.06. The van der Waals surface area contributed by atoms with Crippen molar-refractivity contribution in [1.29, 1.82) is 0 Å². The van der Waals surface area contributed by atoms with E-state index in [0.29, 0.717) is 13.1 Å². The van der Waals surface area contributed by atoms with Crippen molar-refractivity contribution in [3.8, 4) is 0 Å². The van der Waals surface area contributed by atoms with E-state index < -0.39 is 0 Å². The van der Waals surface area contributed by atoms with Gasteiger partial charge in [0.1, 0.15) is 6.54 Å². The number of nitrogens with zero attached hydrogens (tertiary/aromatic N) is 1. The minimum absolute atomic E-state index is 0.0429. The molecule has 3 nitrogen and oxygen atoms in total. The largest absolute Gasteiger partial charge is 0.354 e. The highest BCUT2D eigenvalue weighted by molar-refractivity contribution is 5.84. The van der Waals surface area contributed by atoms with E-state index in [1.54, 1.807) is 6.08 Å². The van der Waals surface area contributed by atoms with Crippen molar-refractivity contribution < 1.29 is 4.79 Å². The first kappa shape index (κ1) is 12.4. The molecule has 94 valence electrons. The van der Waals surface area contributed by atoms with E-state index in [4.69, 9.17) is 0 Å². The molecule has 0 saturated carbocycles. The van der Waals surface area contributed by atoms with Crippen LogP contribution in [0.5, 0.6) is 0 Å². The number of fused-ring (bicyclic) bond motifs is 1. The summed E-state index contributed by atoms with van der Waals surface area (Å²) in [6.07, 6.45) is 2.60. The van der Waals surface area contributed by atoms with E-state index in [9.17, 15) is 4.79 Å². The van der Waals surface area contributed by atoms with Gasteiger partial charge in [-0.1, -0.05) is 24.3 Å². The van der Waals surface area contributed by atoms with Crippen molar-refractivity contribution in [2.75, 3.05) is 6.54 Å². The topological polar surface area (TPSA) is 34.0 Å². The van der Waals surface area contributed by atoms with E-state index in [2.05, 4.69) is 24.0 Å². The van der Waals surface area contributed by atoms with Crippen LogP contribution in [0, 0.1) is 6.92 Å². The summed E-state index contributed by atoms with van der Waals surface area (Å²) in [5.41, 5.74) is 2.21. The summed E-state index contributed by atoms with van der Waals surface area (Å²) in [7, 11) is 0. The number of carbonyl (C=O) groups is 1. The molecule has 0 atom stereocenters. The zero-order valence-electron chi connectivity index (χ0n) is 10.6. The van der Waals surface area contributed by atoms with Crippen LogP contribution >= 0.6 is 0 Å². The van der Waals surface area contributed by atoms with Crippen molar-refractivity contribution in [2.45, 2.75) is 19.9 Å². The highest BCUT2D eigenvalue weighted by Crippen LogP contribution is 2.18. The molecule has 0 spiro atoms. The summed E-state index contributed by atoms with van der Waals surface area (Å²) in [6.45, 7) is 6.68. The average molecular weight is 242 g/mol. The Hall–Kier alpha value is -2.03. The fourth-order valence-electron chi connectivity index (χ4n) is 2.07. The average Bonchev–Trinajstić information content (AvgIpc) is 2.67. The lowest BCUT2D eigenvalue weighted by Crippen LogP contribution is -2.28. The summed E-state index contributed by atoms with van der Waals surface area (Å²) >= 11 is 0. The first-order valence-electron chi connectivity index (χ1n) is 6.15. The molecule has 0 bridgehead atoms. The third-order valence-corrected chi connectivity index (χ3v) is 2.99. The van der Waals surface area contributed by atoms with Crippen LogP contribution in [0.25, 0.3) is 10.9 Å². The van der Waals surface area contributed by atoms with E-state index in [1.165, 1.54) is 5.39 Å². The Bertz CT molecular complexity index is 569. The number of rotatable bonds is 5. The smallest absolute Gasteiger partial charge is 0.239 e. The van der Waals surface area contributed by atoms with Crippen molar-refractivity contribution in [3.63, 3.8) is 0 Å². The minimum Gasteiger partial charge on any atom is -0.354 e. The molecule has 3 heteroatoms. The fourth-order valence-corrected chi connectivity index (χ4v) is 2.07. The Morgan fingerprint density at radius 3 is 3.00 bits per heavy atom. The van der Waals surface area contributed by atoms with Gasteiger partial charge in [0.15, 0.2) is 0 Å². The highest BCUT2D eigenvalue weighted by atomic mass is 16.1. The fraction of sp³-hybridized carbons (Fsp3) is 0.267. The number of carbonyl (C=O) groups excluding carboxylic acids is 1. The van der Waals surface area contributed by atoms with Gasteiger partial charge in [0.2, 0.25) is 5.91 Å². The van der Waals surface area contributed by atoms with Crippen LogP contribution in [-0.2, 0) is 11.3 Å². The molecule has 0 aliphatic heterocycles. The van der Waals surface area contributed by atoms with Crippen LogP contribution in [0.15, 0.2) is 43.0 Å². The molecule has 1 amide bonds. The first-order valence-corrected chi connectivity index (χ1v) is 6.15. The van der Waals surface area contributed by atoms with Gasteiger partial charge in [-0.05, 0) is 30.9 Å². The number of amides is 1. The van der Waals surface area contributed by atoms with Gasteiger partial charge in [0.25, 0.3) is 0 Å². The van der Waals surface area contributed by atoms with Gasteiger partial charge in [0.05, 0.1) is 0 Å². The van der Waals surface area contributed by atoms with Crippen molar-refractivity contribution in [3.05, 3.63) is 48.7 Å². The second-order valence-electron chi connectivity index (χ2n) is 4.36. The molecule has 0 saturated heterocycles. The molecular formula is C15H18N2O. The summed E-state index contributed by atoms with van der Waals surface area (Å²) in [5.74, 6) is 0.0429. The Morgan fingerprint density at radius 2 is 2.22 bits per heavy atom. The van der Waals surface area contributed by atoms with E-state index in [-0.39, 0.29) is 5.91 Å². The zero-order valence-corrected chi connectivity index (χ0v) is 10.6. The molecule has 18 heavy (non-hydrogen) atoms. The van der Waals surface area contributed by atoms with E-state index in [0.717, 1.165) is 17.6 Å². The van der Waals surface area contributed by atoms with Gasteiger partial charge in [0, 0.05) is 17.8 Å². The lowest BCUT2D eigenvalue weighted by atomic mass is 10.2. The Labute approximate surface area is 107 Å². The van der Waals surface area contributed by atoms with Crippen LogP contribution in [0.2, 0.25) is 0 Å². The van der Waals surface area contributed by atoms with Gasteiger partial charge in [-0.3, -0.25) is 4.79 Å². The minimum atomic E-state index is 0.0429. The van der Waals surface area contributed by atoms with Crippen molar-refractivity contribution >= 4 is 16.8 Å². The Balaban J connectivity index is 2.13. The molecule has 0 fully saturated rings. The normalized spacial score (nSPS) is 10.5. The number of aromatic nitrogens is 1. The molecule has 1 N–H and O–H groups in total. The van der Waals surface area contributed by atoms with Crippen LogP contribution in [0.4, 0.5) is 0 Å². The lowest BCUT2D eigenvalue weighted by molar-refractivity contribution is -0.121. The lowest BCUT2D eigenvalue weighted by Gasteiger charge is -2.08. The van der Waals surface area contributed by atoms with Gasteiger partial charge in [-0.25, -0.2) is 0 Å². The molecule has 0 aliphatic carbocycles. The number of nitrogens with one attached hydrogen (secondary N) is 1. The van der Waals surface area contributed by atoms with Crippen molar-refractivity contribution in [1.82, 2.24) is 9.88 Å². The molecule has 0 aliphatic rings. The number of hydrogen-bond donors (Lipinski definition) is 1. The quantitative estimate of drug-likeness (QED) is 0.634. The molecular weight excluding hydrogens is 224 g/mol. The van der Waals surface area contributed by atoms with Crippen LogP contribution in [0.1, 0.15) is 12.1 Å². The Morgan fingerprint density at radius 1 is 1.44 bits per heavy atom. The van der Waals surface area contributed by atoms with E-state index in [1.807, 2.05) is 29.7 Å². The maximum absolute atomic E-state index is 11.8. The third-order valence-electron chi connectivity index (χ3n) is 2.99. The van der Waals surface area contributed by atoms with Gasteiger partial charge < -0.3 is 9.88 Å². The van der Waals surface area contributed by atoms with Crippen LogP contribution in [-0.4, -0.2) is 17.0 Å². The predicted molar refractivity (Wildman–Crippen MR) is 74.5 cm³/mol. The maximum Gasteiger partial charge on any atom is 0.239 e. The predicted octanol–water partition coefficient (Wildman–Crippen LogP) is 2.64. The summed E-state index contributed by atoms with van der Waals surface area (Å²) in [4.78, 5) is 11.8. The molecule has 1 aromatic heterocycles. The number of benzene rings is 1. The number of para-hydroxylation sites is 1. The molecule has 0 radical (unpaired) electrons. The van der Waals surface area contributed by atoms with Crippen LogP contribution < -0.4 is 5.32 Å². The Kier molecular flexibility index (Phi) is 3.82. The summed E-state index contributed by atoms with van der Waals surface area (Å²) in [6, 6.07) is 10.2. The number of hydrogen-bond acceptors (Lipinski definition) is 1. The molecule has 2 rings (SSSR count). The zero-order chi connectivity index (χ0) is 13.0. The molecule has 0 unspecified atom stereocenters. The monoisotopic (exact) mass is 242 g/mol. The highest BCUT2D eigenvalue weighted by Gasteiger charge is 2.08. The number of aryl methyl sites for hydroxylation is 1. The van der Waals surface area contributed by atoms with Gasteiger partial charge in [-0.15, -0.1) is 6.58 Å². The second-order valence-corrected chi connectivity index (χ2v) is 4.36. The summed E-state index contributed by atoms with van der Waals surface area (Å²) < 4.78 is 2.04. The molecule has 1 aromatic carbocycles.